The van der Waals surface area contributed by atoms with Gasteiger partial charge in [-0.1, -0.05) is 63.6 Å². The van der Waals surface area contributed by atoms with Gasteiger partial charge in [0.1, 0.15) is 5.75 Å². The Morgan fingerprint density at radius 2 is 1.47 bits per heavy atom. The van der Waals surface area contributed by atoms with Gasteiger partial charge in [-0.25, -0.2) is 4.79 Å². The maximum Gasteiger partial charge on any atom is 0.333 e. The van der Waals surface area contributed by atoms with Gasteiger partial charge in [0.25, 0.3) is 5.91 Å². The molecule has 4 rings (SSSR count). The monoisotopic (exact) mass is 431 g/mol. The number of para-hydroxylation sites is 1. The third-order valence-corrected chi connectivity index (χ3v) is 8.23. The number of carbonyl (C=O) groups is 2. The molecule has 0 saturated heterocycles. The fourth-order valence-electron chi connectivity index (χ4n) is 5.98. The first-order chi connectivity index (χ1) is 15.0. The van der Waals surface area contributed by atoms with E-state index in [1.54, 1.807) is 19.2 Å². The molecule has 0 spiro atoms. The second kappa shape index (κ2) is 7.09. The molecule has 2 aromatic carbocycles. The van der Waals surface area contributed by atoms with Crippen LogP contribution < -0.4 is 10.1 Å². The van der Waals surface area contributed by atoms with Gasteiger partial charge in [0.05, 0.1) is 12.7 Å². The van der Waals surface area contributed by atoms with E-state index in [2.05, 4.69) is 19.2 Å². The summed E-state index contributed by atoms with van der Waals surface area (Å²) in [6, 6.07) is 16.9. The molecule has 0 aliphatic heterocycles. The summed E-state index contributed by atoms with van der Waals surface area (Å²) in [4.78, 5) is 26.3. The van der Waals surface area contributed by atoms with Crippen molar-refractivity contribution in [2.24, 2.45) is 16.2 Å². The topological polar surface area (TPSA) is 75.6 Å². The predicted molar refractivity (Wildman–Crippen MR) is 125 cm³/mol. The first-order valence-electron chi connectivity index (χ1n) is 10.7. The molecule has 0 aromatic heterocycles. The Morgan fingerprint density at radius 3 is 2.00 bits per heavy atom. The van der Waals surface area contributed by atoms with Gasteiger partial charge in [-0.3, -0.25) is 4.79 Å². The zero-order valence-electron chi connectivity index (χ0n) is 19.4. The summed E-state index contributed by atoms with van der Waals surface area (Å²) < 4.78 is 5.31. The predicted octanol–water partition coefficient (Wildman–Crippen LogP) is 5.55. The zero-order chi connectivity index (χ0) is 23.5. The highest BCUT2D eigenvalue weighted by Gasteiger charge is 2.72. The van der Waals surface area contributed by atoms with E-state index in [-0.39, 0.29) is 11.5 Å². The van der Waals surface area contributed by atoms with E-state index < -0.39 is 22.2 Å². The number of rotatable bonds is 5. The van der Waals surface area contributed by atoms with Gasteiger partial charge in [-0.05, 0) is 47.7 Å². The number of anilines is 1. The molecule has 0 fully saturated rings. The van der Waals surface area contributed by atoms with Crippen LogP contribution in [0.1, 0.15) is 40.2 Å². The Labute approximate surface area is 188 Å². The molecule has 0 radical (unpaired) electrons. The first kappa shape index (κ1) is 21.9. The third kappa shape index (κ3) is 2.57. The highest BCUT2D eigenvalue weighted by Crippen LogP contribution is 2.77. The van der Waals surface area contributed by atoms with E-state index in [1.807, 2.05) is 63.2 Å². The molecule has 2 unspecified atom stereocenters. The minimum absolute atomic E-state index is 0.188. The second-order valence-electron chi connectivity index (χ2n) is 9.48. The molecular weight excluding hydrogens is 402 g/mol. The number of methoxy groups -OCH3 is 1. The third-order valence-electron chi connectivity index (χ3n) is 8.23. The summed E-state index contributed by atoms with van der Waals surface area (Å²) in [5, 5.41) is 13.2. The quantitative estimate of drug-likeness (QED) is 0.650. The van der Waals surface area contributed by atoms with E-state index in [1.165, 1.54) is 0 Å². The van der Waals surface area contributed by atoms with Gasteiger partial charge < -0.3 is 15.2 Å². The maximum absolute atomic E-state index is 13.7. The summed E-state index contributed by atoms with van der Waals surface area (Å²) >= 11 is 0. The van der Waals surface area contributed by atoms with Crippen LogP contribution in [0, 0.1) is 16.2 Å². The Hall–Kier alpha value is -3.34. The molecule has 5 heteroatoms. The number of hydrogen-bond donors (Lipinski definition) is 2. The lowest BCUT2D eigenvalue weighted by Crippen LogP contribution is -2.39. The largest absolute Gasteiger partial charge is 0.497 e. The van der Waals surface area contributed by atoms with E-state index in [9.17, 15) is 14.7 Å². The average Bonchev–Trinajstić information content (AvgIpc) is 2.98. The Bertz CT molecular complexity index is 1170. The van der Waals surface area contributed by atoms with Crippen LogP contribution >= 0.6 is 0 Å². The van der Waals surface area contributed by atoms with E-state index in [0.717, 1.165) is 22.5 Å². The van der Waals surface area contributed by atoms with Crippen molar-refractivity contribution in [1.29, 1.82) is 0 Å². The van der Waals surface area contributed by atoms with Crippen LogP contribution in [0.4, 0.5) is 5.69 Å². The van der Waals surface area contributed by atoms with Gasteiger partial charge in [-0.2, -0.15) is 0 Å². The lowest BCUT2D eigenvalue weighted by atomic mass is 9.59. The number of carboxylic acids is 1. The minimum Gasteiger partial charge on any atom is -0.497 e. The summed E-state index contributed by atoms with van der Waals surface area (Å²) in [5.74, 6) is -0.670. The number of carbonyl (C=O) groups excluding carboxylic acids is 1. The summed E-state index contributed by atoms with van der Waals surface area (Å²) in [6.45, 7) is 10.1. The number of carboxylic acid groups (broad SMARTS) is 1. The van der Waals surface area contributed by atoms with Crippen LogP contribution in [-0.4, -0.2) is 24.1 Å². The van der Waals surface area contributed by atoms with Gasteiger partial charge in [0.15, 0.2) is 0 Å². The smallest absolute Gasteiger partial charge is 0.333 e. The van der Waals surface area contributed by atoms with E-state index in [4.69, 9.17) is 4.74 Å². The molecular formula is C27H29NO4. The van der Waals surface area contributed by atoms with Crippen LogP contribution in [0.3, 0.4) is 0 Å². The molecule has 32 heavy (non-hydrogen) atoms. The number of nitrogens with one attached hydrogen (secondary N) is 1. The lowest BCUT2D eigenvalue weighted by Gasteiger charge is -2.43. The molecule has 2 aliphatic rings. The number of aliphatic carboxylic acids is 1. The molecule has 0 heterocycles. The number of ether oxygens (including phenoxy) is 1. The summed E-state index contributed by atoms with van der Waals surface area (Å²) in [7, 11) is 1.62. The van der Waals surface area contributed by atoms with Crippen molar-refractivity contribution < 1.29 is 19.4 Å². The number of amides is 1. The number of hydrogen-bond acceptors (Lipinski definition) is 3. The van der Waals surface area contributed by atoms with Crippen molar-refractivity contribution in [2.45, 2.75) is 34.6 Å². The molecule has 2 bridgehead atoms. The molecule has 2 N–H and O–H groups in total. The molecule has 5 nitrogen and oxygen atoms in total. The van der Waals surface area contributed by atoms with Crippen LogP contribution in [0.15, 0.2) is 71.3 Å². The highest BCUT2D eigenvalue weighted by molar-refractivity contribution is 6.15. The molecule has 166 valence electrons. The van der Waals surface area contributed by atoms with Gasteiger partial charge >= 0.3 is 5.97 Å². The Kier molecular flexibility index (Phi) is 4.85. The van der Waals surface area contributed by atoms with Crippen molar-refractivity contribution in [3.05, 3.63) is 76.9 Å². The van der Waals surface area contributed by atoms with Crippen molar-refractivity contribution >= 4 is 23.1 Å². The zero-order valence-corrected chi connectivity index (χ0v) is 19.4. The van der Waals surface area contributed by atoms with Gasteiger partial charge in [-0.15, -0.1) is 0 Å². The Balaban J connectivity index is 1.94. The molecule has 1 amide bonds. The van der Waals surface area contributed by atoms with Gasteiger partial charge in [0, 0.05) is 22.1 Å². The van der Waals surface area contributed by atoms with Crippen LogP contribution in [0.5, 0.6) is 5.75 Å². The molecule has 2 aromatic rings. The number of allylic oxidation sites excluding steroid dienone is 2. The van der Waals surface area contributed by atoms with Crippen molar-refractivity contribution in [3.8, 4) is 5.75 Å². The molecule has 2 aliphatic carbocycles. The number of fused-ring (bicyclic) bond motifs is 2. The van der Waals surface area contributed by atoms with Gasteiger partial charge in [0.2, 0.25) is 0 Å². The fourth-order valence-corrected chi connectivity index (χ4v) is 5.98. The van der Waals surface area contributed by atoms with Crippen molar-refractivity contribution in [3.63, 3.8) is 0 Å². The minimum atomic E-state index is -1.05. The van der Waals surface area contributed by atoms with Crippen molar-refractivity contribution in [1.82, 2.24) is 0 Å². The standard InChI is InChI=1S/C27H29NO4/c1-16-20(17-12-14-19(32-6)15-13-17)27(5)21(23(29)28-18-10-8-7-9-11-18)22(24(30)31)26(16,4)25(27,2)3/h7-15H,1-6H3,(H,28,29)(H,30,31). The lowest BCUT2D eigenvalue weighted by molar-refractivity contribution is -0.134. The van der Waals surface area contributed by atoms with E-state index in [0.29, 0.717) is 11.3 Å². The highest BCUT2D eigenvalue weighted by atomic mass is 16.5. The normalized spacial score (nSPS) is 25.8. The second-order valence-corrected chi connectivity index (χ2v) is 9.48. The van der Waals surface area contributed by atoms with Crippen LogP contribution in [0.25, 0.3) is 5.57 Å². The van der Waals surface area contributed by atoms with Crippen molar-refractivity contribution in [2.75, 3.05) is 12.4 Å². The molecule has 2 atom stereocenters. The maximum atomic E-state index is 13.7. The first-order valence-corrected chi connectivity index (χ1v) is 10.7. The van der Waals surface area contributed by atoms with Crippen LogP contribution in [-0.2, 0) is 9.59 Å². The number of benzene rings is 2. The fraction of sp³-hybridized carbons (Fsp3) is 0.333. The molecule has 0 saturated carbocycles. The summed E-state index contributed by atoms with van der Waals surface area (Å²) in [5.41, 5.74) is 1.99. The average molecular weight is 432 g/mol. The van der Waals surface area contributed by atoms with E-state index >= 15 is 0 Å². The summed E-state index contributed by atoms with van der Waals surface area (Å²) in [6.07, 6.45) is 0. The van der Waals surface area contributed by atoms with Crippen LogP contribution in [0.2, 0.25) is 0 Å². The Morgan fingerprint density at radius 1 is 0.875 bits per heavy atom. The SMILES string of the molecule is COc1ccc(C2=C(C)C3(C)C(C(=O)O)=C(C(=O)Nc4ccccc4)C2(C)C3(C)C)cc1.